The predicted octanol–water partition coefficient (Wildman–Crippen LogP) is 4.73. The molecular formula is C23H19BrN2O4. The van der Waals surface area contributed by atoms with E-state index in [9.17, 15) is 9.59 Å². The van der Waals surface area contributed by atoms with Gasteiger partial charge in [-0.15, -0.1) is 0 Å². The van der Waals surface area contributed by atoms with Gasteiger partial charge in [-0.1, -0.05) is 34.1 Å². The van der Waals surface area contributed by atoms with Gasteiger partial charge in [0.25, 0.3) is 5.91 Å². The number of H-pyrrole nitrogens is 1. The summed E-state index contributed by atoms with van der Waals surface area (Å²) in [6, 6.07) is 18.1. The number of fused-ring (bicyclic) bond motifs is 1. The number of nitrogens with one attached hydrogen (secondary N) is 1. The van der Waals surface area contributed by atoms with Gasteiger partial charge in [0.2, 0.25) is 5.56 Å². The summed E-state index contributed by atoms with van der Waals surface area (Å²) in [6.07, 6.45) is 1.48. The Bertz CT molecular complexity index is 1240. The van der Waals surface area contributed by atoms with Gasteiger partial charge < -0.3 is 19.0 Å². The van der Waals surface area contributed by atoms with E-state index in [-0.39, 0.29) is 18.1 Å². The summed E-state index contributed by atoms with van der Waals surface area (Å²) < 4.78 is 12.2. The number of hydrogen-bond donors (Lipinski definition) is 1. The average Bonchev–Trinajstić information content (AvgIpc) is 3.21. The molecule has 0 radical (unpaired) electrons. The first kappa shape index (κ1) is 20.0. The molecule has 0 spiro atoms. The molecule has 1 N–H and O–H groups in total. The highest BCUT2D eigenvalue weighted by Crippen LogP contribution is 2.21. The first-order valence-electron chi connectivity index (χ1n) is 9.32. The molecule has 4 aromatic rings. The molecule has 6 nitrogen and oxygen atoms in total. The Morgan fingerprint density at radius 1 is 1.13 bits per heavy atom. The SMILES string of the molecule is CN(Cc1cc(=O)[nH]c2ccccc12)C(=O)c1ccoc1COc1ccc(Br)cc1. The third-order valence-corrected chi connectivity index (χ3v) is 5.28. The van der Waals surface area contributed by atoms with Crippen LogP contribution in [0.4, 0.5) is 0 Å². The normalized spacial score (nSPS) is 10.9. The van der Waals surface area contributed by atoms with Crippen molar-refractivity contribution >= 4 is 32.7 Å². The number of carbonyl (C=O) groups excluding carboxylic acids is 1. The second-order valence-electron chi connectivity index (χ2n) is 6.87. The minimum absolute atomic E-state index is 0.136. The number of halogens is 1. The molecule has 7 heteroatoms. The molecule has 0 bridgehead atoms. The zero-order valence-corrected chi connectivity index (χ0v) is 17.8. The summed E-state index contributed by atoms with van der Waals surface area (Å²) in [4.78, 5) is 29.4. The number of hydrogen-bond acceptors (Lipinski definition) is 4. The third kappa shape index (κ3) is 4.31. The van der Waals surface area contributed by atoms with Gasteiger partial charge in [0.05, 0.1) is 11.8 Å². The van der Waals surface area contributed by atoms with Crippen LogP contribution in [0.1, 0.15) is 21.7 Å². The number of aromatic nitrogens is 1. The van der Waals surface area contributed by atoms with Gasteiger partial charge in [0, 0.05) is 35.0 Å². The van der Waals surface area contributed by atoms with Gasteiger partial charge >= 0.3 is 0 Å². The van der Waals surface area contributed by atoms with Crippen molar-refractivity contribution < 1.29 is 13.9 Å². The van der Waals surface area contributed by atoms with E-state index in [1.54, 1.807) is 18.0 Å². The lowest BCUT2D eigenvalue weighted by Gasteiger charge is -2.18. The van der Waals surface area contributed by atoms with E-state index in [0.717, 1.165) is 20.9 Å². The molecule has 0 saturated heterocycles. The molecule has 4 rings (SSSR count). The van der Waals surface area contributed by atoms with Crippen LogP contribution in [0.5, 0.6) is 5.75 Å². The number of nitrogens with zero attached hydrogens (tertiary/aromatic N) is 1. The highest BCUT2D eigenvalue weighted by Gasteiger charge is 2.20. The number of amides is 1. The maximum absolute atomic E-state index is 13.0. The minimum atomic E-state index is -0.206. The Hall–Kier alpha value is -3.32. The summed E-state index contributed by atoms with van der Waals surface area (Å²) in [6.45, 7) is 0.430. The fourth-order valence-electron chi connectivity index (χ4n) is 3.26. The van der Waals surface area contributed by atoms with E-state index in [0.29, 0.717) is 23.6 Å². The lowest BCUT2D eigenvalue weighted by molar-refractivity contribution is 0.0780. The van der Waals surface area contributed by atoms with Gasteiger partial charge in [0.1, 0.15) is 12.4 Å². The minimum Gasteiger partial charge on any atom is -0.486 e. The first-order valence-corrected chi connectivity index (χ1v) is 10.1. The Morgan fingerprint density at radius 2 is 1.90 bits per heavy atom. The van der Waals surface area contributed by atoms with Gasteiger partial charge in [0.15, 0.2) is 5.76 Å². The number of ether oxygens (including phenoxy) is 1. The van der Waals surface area contributed by atoms with Crippen LogP contribution in [0.2, 0.25) is 0 Å². The monoisotopic (exact) mass is 466 g/mol. The molecule has 0 aliphatic heterocycles. The number of rotatable bonds is 6. The molecule has 30 heavy (non-hydrogen) atoms. The standard InChI is InChI=1S/C23H19BrN2O4/c1-26(13-15-12-22(27)25-20-5-3-2-4-18(15)20)23(28)19-10-11-29-21(19)14-30-17-8-6-16(24)7-9-17/h2-12H,13-14H2,1H3,(H,25,27). The number of aromatic amines is 1. The van der Waals surface area contributed by atoms with Crippen LogP contribution in [-0.2, 0) is 13.2 Å². The van der Waals surface area contributed by atoms with Crippen molar-refractivity contribution in [3.05, 3.63) is 98.6 Å². The van der Waals surface area contributed by atoms with Crippen LogP contribution in [0, 0.1) is 0 Å². The van der Waals surface area contributed by atoms with E-state index in [4.69, 9.17) is 9.15 Å². The zero-order chi connectivity index (χ0) is 21.1. The summed E-state index contributed by atoms with van der Waals surface area (Å²) in [7, 11) is 1.70. The highest BCUT2D eigenvalue weighted by molar-refractivity contribution is 9.10. The second kappa shape index (κ2) is 8.59. The first-order chi connectivity index (χ1) is 14.5. The van der Waals surface area contributed by atoms with Crippen molar-refractivity contribution in [1.82, 2.24) is 9.88 Å². The fourth-order valence-corrected chi connectivity index (χ4v) is 3.53. The zero-order valence-electron chi connectivity index (χ0n) is 16.2. The number of furan rings is 1. The smallest absolute Gasteiger partial charge is 0.257 e. The van der Waals surface area contributed by atoms with Crippen molar-refractivity contribution in [3.63, 3.8) is 0 Å². The summed E-state index contributed by atoms with van der Waals surface area (Å²) in [5, 5.41) is 0.905. The largest absolute Gasteiger partial charge is 0.486 e. The molecule has 1 amide bonds. The van der Waals surface area contributed by atoms with Crippen molar-refractivity contribution in [1.29, 1.82) is 0 Å². The number of benzene rings is 2. The molecule has 0 saturated carbocycles. The highest BCUT2D eigenvalue weighted by atomic mass is 79.9. The molecule has 152 valence electrons. The number of para-hydroxylation sites is 1. The number of carbonyl (C=O) groups is 1. The van der Waals surface area contributed by atoms with Crippen molar-refractivity contribution in [3.8, 4) is 5.75 Å². The van der Waals surface area contributed by atoms with Crippen LogP contribution in [0.25, 0.3) is 10.9 Å². The lowest BCUT2D eigenvalue weighted by atomic mass is 10.1. The van der Waals surface area contributed by atoms with Crippen LogP contribution in [0.3, 0.4) is 0 Å². The van der Waals surface area contributed by atoms with Crippen molar-refractivity contribution in [2.45, 2.75) is 13.2 Å². The van der Waals surface area contributed by atoms with Gasteiger partial charge in [-0.2, -0.15) is 0 Å². The Balaban J connectivity index is 1.51. The topological polar surface area (TPSA) is 75.5 Å². The molecule has 2 heterocycles. The van der Waals surface area contributed by atoms with Crippen LogP contribution < -0.4 is 10.3 Å². The molecule has 0 aliphatic carbocycles. The predicted molar refractivity (Wildman–Crippen MR) is 118 cm³/mol. The molecule has 2 aromatic heterocycles. The van der Waals surface area contributed by atoms with Crippen LogP contribution in [-0.4, -0.2) is 22.8 Å². The van der Waals surface area contributed by atoms with Gasteiger partial charge in [-0.05, 0) is 42.0 Å². The summed E-state index contributed by atoms with van der Waals surface area (Å²) in [5.41, 5.74) is 1.76. The molecule has 0 atom stereocenters. The Labute approximate surface area is 181 Å². The van der Waals surface area contributed by atoms with E-state index in [1.807, 2.05) is 48.5 Å². The van der Waals surface area contributed by atoms with Crippen LogP contribution >= 0.6 is 15.9 Å². The molecule has 2 aromatic carbocycles. The Kier molecular flexibility index (Phi) is 5.72. The quantitative estimate of drug-likeness (QED) is 0.445. The maximum atomic E-state index is 13.0. The van der Waals surface area contributed by atoms with E-state index >= 15 is 0 Å². The van der Waals surface area contributed by atoms with Crippen molar-refractivity contribution in [2.75, 3.05) is 7.05 Å². The van der Waals surface area contributed by atoms with E-state index in [2.05, 4.69) is 20.9 Å². The van der Waals surface area contributed by atoms with Gasteiger partial charge in [-0.25, -0.2) is 0 Å². The van der Waals surface area contributed by atoms with Crippen LogP contribution in [0.15, 0.2) is 80.6 Å². The average molecular weight is 467 g/mol. The Morgan fingerprint density at radius 3 is 2.70 bits per heavy atom. The summed E-state index contributed by atoms with van der Waals surface area (Å²) >= 11 is 3.38. The molecule has 0 fully saturated rings. The third-order valence-electron chi connectivity index (χ3n) is 4.75. The van der Waals surface area contributed by atoms with E-state index < -0.39 is 0 Å². The maximum Gasteiger partial charge on any atom is 0.257 e. The van der Waals surface area contributed by atoms with E-state index in [1.165, 1.54) is 12.3 Å². The lowest BCUT2D eigenvalue weighted by Crippen LogP contribution is -2.27. The van der Waals surface area contributed by atoms with Crippen molar-refractivity contribution in [2.24, 2.45) is 0 Å². The van der Waals surface area contributed by atoms with Gasteiger partial charge in [-0.3, -0.25) is 9.59 Å². The fraction of sp³-hybridized carbons (Fsp3) is 0.130. The molecule has 0 aliphatic rings. The molecule has 0 unspecified atom stereocenters. The number of pyridine rings is 1. The summed E-state index contributed by atoms with van der Waals surface area (Å²) in [5.74, 6) is 0.921. The second-order valence-corrected chi connectivity index (χ2v) is 7.78. The molecular weight excluding hydrogens is 448 g/mol.